The lowest BCUT2D eigenvalue weighted by atomic mass is 10.0. The number of carbonyl (C=O) groups excluding carboxylic acids is 4. The Morgan fingerprint density at radius 2 is 1.72 bits per heavy atom. The maximum absolute atomic E-state index is 12.6. The number of ketones is 2. The normalized spacial score (nSPS) is 13.5. The number of rotatable bonds is 7. The van der Waals surface area contributed by atoms with Gasteiger partial charge in [0.1, 0.15) is 0 Å². The highest BCUT2D eigenvalue weighted by atomic mass is 16.5. The smallest absolute Gasteiger partial charge is 0.306 e. The van der Waals surface area contributed by atoms with Crippen molar-refractivity contribution in [1.82, 2.24) is 0 Å². The summed E-state index contributed by atoms with van der Waals surface area (Å²) in [7, 11) is 0. The third kappa shape index (κ3) is 4.77. The van der Waals surface area contributed by atoms with Gasteiger partial charge in [0, 0.05) is 36.7 Å². The number of fused-ring (bicyclic) bond motifs is 1. The molecular formula is C23H23NO5. The third-order valence-corrected chi connectivity index (χ3v) is 4.97. The fraction of sp³-hybridized carbons (Fsp3) is 0.304. The lowest BCUT2D eigenvalue weighted by Crippen LogP contribution is -2.26. The highest BCUT2D eigenvalue weighted by molar-refractivity contribution is 6.02. The molecule has 1 amide bonds. The summed E-state index contributed by atoms with van der Waals surface area (Å²) in [6, 6.07) is 13.9. The van der Waals surface area contributed by atoms with Gasteiger partial charge in [0.15, 0.2) is 11.9 Å². The second-order valence-electron chi connectivity index (χ2n) is 7.05. The van der Waals surface area contributed by atoms with Crippen LogP contribution in [0.4, 0.5) is 5.69 Å². The predicted molar refractivity (Wildman–Crippen MR) is 108 cm³/mol. The Kier molecular flexibility index (Phi) is 6.22. The molecule has 0 saturated heterocycles. The van der Waals surface area contributed by atoms with E-state index in [4.69, 9.17) is 4.74 Å². The summed E-state index contributed by atoms with van der Waals surface area (Å²) in [4.78, 5) is 50.1. The van der Waals surface area contributed by atoms with Gasteiger partial charge in [0.05, 0.1) is 6.42 Å². The van der Waals surface area contributed by atoms with E-state index in [2.05, 4.69) is 0 Å². The summed E-state index contributed by atoms with van der Waals surface area (Å²) in [5.41, 5.74) is 2.73. The van der Waals surface area contributed by atoms with Gasteiger partial charge in [-0.2, -0.15) is 0 Å². The first-order valence-electron chi connectivity index (χ1n) is 9.60. The highest BCUT2D eigenvalue weighted by Gasteiger charge is 2.25. The van der Waals surface area contributed by atoms with Gasteiger partial charge in [-0.05, 0) is 37.1 Å². The van der Waals surface area contributed by atoms with Crippen LogP contribution in [-0.4, -0.2) is 36.1 Å². The summed E-state index contributed by atoms with van der Waals surface area (Å²) in [5, 5.41) is 0. The van der Waals surface area contributed by atoms with Crippen LogP contribution < -0.4 is 4.90 Å². The minimum atomic E-state index is -0.947. The molecule has 0 radical (unpaired) electrons. The quantitative estimate of drug-likeness (QED) is 0.532. The van der Waals surface area contributed by atoms with E-state index < -0.39 is 12.1 Å². The first-order chi connectivity index (χ1) is 13.9. The zero-order valence-corrected chi connectivity index (χ0v) is 16.5. The van der Waals surface area contributed by atoms with Crippen LogP contribution in [0.2, 0.25) is 0 Å². The number of amides is 1. The Balaban J connectivity index is 1.56. The predicted octanol–water partition coefficient (Wildman–Crippen LogP) is 3.37. The molecule has 1 aliphatic heterocycles. The van der Waals surface area contributed by atoms with E-state index in [-0.39, 0.29) is 30.3 Å². The minimum Gasteiger partial charge on any atom is -0.454 e. The highest BCUT2D eigenvalue weighted by Crippen LogP contribution is 2.29. The number of hydrogen-bond donors (Lipinski definition) is 0. The summed E-state index contributed by atoms with van der Waals surface area (Å²) >= 11 is 0. The summed E-state index contributed by atoms with van der Waals surface area (Å²) < 4.78 is 5.23. The first-order valence-corrected chi connectivity index (χ1v) is 9.60. The fourth-order valence-electron chi connectivity index (χ4n) is 3.41. The molecule has 0 bridgehead atoms. The molecule has 1 heterocycles. The molecule has 0 aromatic heterocycles. The number of benzene rings is 2. The molecule has 1 atom stereocenters. The van der Waals surface area contributed by atoms with Crippen molar-refractivity contribution in [3.63, 3.8) is 0 Å². The molecule has 6 nitrogen and oxygen atoms in total. The molecule has 0 spiro atoms. The van der Waals surface area contributed by atoms with Crippen LogP contribution in [0, 0.1) is 0 Å². The van der Waals surface area contributed by atoms with Crippen LogP contribution in [-0.2, 0) is 20.7 Å². The average Bonchev–Trinajstić information content (AvgIpc) is 3.15. The SMILES string of the molecule is CC(=O)N1CCc2cc(C(=O)C(C)OC(=O)CCC(=O)c3ccccc3)ccc21. The second-order valence-corrected chi connectivity index (χ2v) is 7.05. The van der Waals surface area contributed by atoms with Gasteiger partial charge in [-0.25, -0.2) is 0 Å². The molecule has 0 aliphatic carbocycles. The van der Waals surface area contributed by atoms with Crippen molar-refractivity contribution in [3.8, 4) is 0 Å². The van der Waals surface area contributed by atoms with Crippen molar-refractivity contribution in [1.29, 1.82) is 0 Å². The Labute approximate surface area is 169 Å². The summed E-state index contributed by atoms with van der Waals surface area (Å²) in [6.45, 7) is 3.63. The van der Waals surface area contributed by atoms with Crippen LogP contribution in [0.25, 0.3) is 0 Å². The number of ether oxygens (including phenoxy) is 1. The lowest BCUT2D eigenvalue weighted by Gasteiger charge is -2.16. The van der Waals surface area contributed by atoms with Crippen molar-refractivity contribution in [2.45, 2.75) is 39.2 Å². The standard InChI is InChI=1S/C23H23NO5/c1-15(29-22(27)11-10-21(26)17-6-4-3-5-7-17)23(28)19-8-9-20-18(14-19)12-13-24(20)16(2)25/h3-9,14-15H,10-13H2,1-2H3. The Morgan fingerprint density at radius 3 is 2.41 bits per heavy atom. The first kappa shape index (κ1) is 20.5. The molecule has 2 aromatic rings. The van der Waals surface area contributed by atoms with Crippen molar-refractivity contribution < 1.29 is 23.9 Å². The Hall–Kier alpha value is -3.28. The number of anilines is 1. The third-order valence-electron chi connectivity index (χ3n) is 4.97. The van der Waals surface area contributed by atoms with Crippen LogP contribution in [0.5, 0.6) is 0 Å². The van der Waals surface area contributed by atoms with Gasteiger partial charge in [0.25, 0.3) is 0 Å². The largest absolute Gasteiger partial charge is 0.454 e. The zero-order valence-electron chi connectivity index (χ0n) is 16.5. The van der Waals surface area contributed by atoms with Crippen LogP contribution >= 0.6 is 0 Å². The van der Waals surface area contributed by atoms with E-state index in [9.17, 15) is 19.2 Å². The molecule has 6 heteroatoms. The maximum Gasteiger partial charge on any atom is 0.306 e. The van der Waals surface area contributed by atoms with Crippen LogP contribution in [0.15, 0.2) is 48.5 Å². The van der Waals surface area contributed by atoms with Crippen molar-refractivity contribution >= 4 is 29.1 Å². The van der Waals surface area contributed by atoms with E-state index in [0.717, 1.165) is 11.3 Å². The van der Waals surface area contributed by atoms with Crippen molar-refractivity contribution in [2.24, 2.45) is 0 Å². The number of esters is 1. The van der Waals surface area contributed by atoms with Crippen LogP contribution in [0.3, 0.4) is 0 Å². The molecule has 2 aromatic carbocycles. The van der Waals surface area contributed by atoms with Crippen molar-refractivity contribution in [2.75, 3.05) is 11.4 Å². The Morgan fingerprint density at radius 1 is 1.00 bits per heavy atom. The monoisotopic (exact) mass is 393 g/mol. The summed E-state index contributed by atoms with van der Waals surface area (Å²) in [6.07, 6.45) is -0.309. The molecule has 0 N–H and O–H groups in total. The van der Waals surface area contributed by atoms with E-state index in [1.807, 2.05) is 6.07 Å². The van der Waals surface area contributed by atoms with Gasteiger partial charge < -0.3 is 9.64 Å². The number of Topliss-reactive ketones (excluding diaryl/α,β-unsaturated/α-hetero) is 2. The minimum absolute atomic E-state index is 0.0312. The molecule has 1 unspecified atom stereocenters. The number of hydrogen-bond acceptors (Lipinski definition) is 5. The van der Waals surface area contributed by atoms with E-state index in [1.54, 1.807) is 47.4 Å². The Bertz CT molecular complexity index is 951. The summed E-state index contributed by atoms with van der Waals surface area (Å²) in [5.74, 6) is -1.07. The lowest BCUT2D eigenvalue weighted by molar-refractivity contribution is -0.146. The van der Waals surface area contributed by atoms with E-state index in [0.29, 0.717) is 24.1 Å². The zero-order chi connectivity index (χ0) is 21.0. The number of nitrogens with zero attached hydrogens (tertiary/aromatic N) is 1. The van der Waals surface area contributed by atoms with E-state index in [1.165, 1.54) is 13.8 Å². The topological polar surface area (TPSA) is 80.8 Å². The van der Waals surface area contributed by atoms with Gasteiger partial charge in [-0.1, -0.05) is 30.3 Å². The van der Waals surface area contributed by atoms with Gasteiger partial charge >= 0.3 is 5.97 Å². The molecule has 3 rings (SSSR count). The molecule has 0 fully saturated rings. The maximum atomic E-state index is 12.6. The van der Waals surface area contributed by atoms with Gasteiger partial charge in [-0.3, -0.25) is 19.2 Å². The number of carbonyl (C=O) groups is 4. The molecule has 150 valence electrons. The molecule has 1 aliphatic rings. The van der Waals surface area contributed by atoms with Crippen LogP contribution in [0.1, 0.15) is 53.0 Å². The van der Waals surface area contributed by atoms with Gasteiger partial charge in [0.2, 0.25) is 11.7 Å². The molecule has 29 heavy (non-hydrogen) atoms. The molecular weight excluding hydrogens is 370 g/mol. The van der Waals surface area contributed by atoms with Gasteiger partial charge in [-0.15, -0.1) is 0 Å². The average molecular weight is 393 g/mol. The van der Waals surface area contributed by atoms with E-state index >= 15 is 0 Å². The van der Waals surface area contributed by atoms with Crippen molar-refractivity contribution in [3.05, 3.63) is 65.2 Å². The second kappa shape index (κ2) is 8.82. The molecule has 0 saturated carbocycles. The fourth-order valence-corrected chi connectivity index (χ4v) is 3.41.